The van der Waals surface area contributed by atoms with Gasteiger partial charge in [0.15, 0.2) is 0 Å². The highest BCUT2D eigenvalue weighted by atomic mass is 16.6. The van der Waals surface area contributed by atoms with Gasteiger partial charge < -0.3 is 15.0 Å². The lowest BCUT2D eigenvalue weighted by Crippen LogP contribution is -2.45. The van der Waals surface area contributed by atoms with Gasteiger partial charge in [-0.15, -0.1) is 0 Å². The number of ether oxygens (including phenoxy) is 1. The molecular weight excluding hydrogens is 436 g/mol. The van der Waals surface area contributed by atoms with E-state index in [2.05, 4.69) is 65.7 Å². The van der Waals surface area contributed by atoms with E-state index in [0.29, 0.717) is 13.0 Å². The zero-order valence-corrected chi connectivity index (χ0v) is 22.3. The van der Waals surface area contributed by atoms with Crippen molar-refractivity contribution in [2.24, 2.45) is 5.41 Å². The van der Waals surface area contributed by atoms with Gasteiger partial charge in [0.2, 0.25) is 5.91 Å². The van der Waals surface area contributed by atoms with Crippen LogP contribution in [-0.4, -0.2) is 48.1 Å². The van der Waals surface area contributed by atoms with Gasteiger partial charge in [-0.2, -0.15) is 0 Å². The number of esters is 1. The molecule has 1 atom stereocenters. The predicted octanol–water partition coefficient (Wildman–Crippen LogP) is 5.41. The van der Waals surface area contributed by atoms with Gasteiger partial charge in [-0.3, -0.25) is 9.59 Å². The summed E-state index contributed by atoms with van der Waals surface area (Å²) in [5.74, 6) is -0.828. The summed E-state index contributed by atoms with van der Waals surface area (Å²) in [6.45, 7) is 13.8. The first-order valence-corrected chi connectivity index (χ1v) is 12.9. The van der Waals surface area contributed by atoms with Crippen LogP contribution >= 0.6 is 0 Å². The third kappa shape index (κ3) is 7.66. The number of nitrogens with zero attached hydrogens (tertiary/aromatic N) is 1. The SMILES string of the molecule is C[C@@H]1CCCN1CCc1ccc(-c2ccc(CCNC(=O)C(C)(C)C(=O)OC(C)(C)C)cc2)cc1. The van der Waals surface area contributed by atoms with Crippen LogP contribution < -0.4 is 5.32 Å². The molecule has 1 aliphatic rings. The zero-order chi connectivity index (χ0) is 25.6. The zero-order valence-electron chi connectivity index (χ0n) is 22.3. The first-order chi connectivity index (χ1) is 16.5. The first-order valence-electron chi connectivity index (χ1n) is 12.9. The number of amides is 1. The highest BCUT2D eigenvalue weighted by molar-refractivity contribution is 6.01. The highest BCUT2D eigenvalue weighted by Crippen LogP contribution is 2.23. The minimum Gasteiger partial charge on any atom is -0.459 e. The standard InChI is InChI=1S/C30H42N2O3/c1-22-8-7-20-32(22)21-18-24-11-15-26(16-12-24)25-13-9-23(10-14-25)17-19-31-27(33)30(5,6)28(34)35-29(2,3)4/h9-16,22H,7-8,17-21H2,1-6H3,(H,31,33)/t22-/m1/s1. The summed E-state index contributed by atoms with van der Waals surface area (Å²) in [5, 5.41) is 2.88. The van der Waals surface area contributed by atoms with Crippen LogP contribution in [0.5, 0.6) is 0 Å². The minimum atomic E-state index is -1.23. The molecule has 1 amide bonds. The molecule has 0 unspecified atom stereocenters. The van der Waals surface area contributed by atoms with Crippen molar-refractivity contribution in [2.75, 3.05) is 19.6 Å². The quantitative estimate of drug-likeness (QED) is 0.387. The number of benzene rings is 2. The molecule has 1 aliphatic heterocycles. The normalized spacial score (nSPS) is 16.8. The third-order valence-corrected chi connectivity index (χ3v) is 6.80. The molecule has 0 spiro atoms. The maximum Gasteiger partial charge on any atom is 0.321 e. The number of likely N-dealkylation sites (tertiary alicyclic amines) is 1. The van der Waals surface area contributed by atoms with Crippen LogP contribution in [0.3, 0.4) is 0 Å². The van der Waals surface area contributed by atoms with Crippen LogP contribution in [0.25, 0.3) is 11.1 Å². The van der Waals surface area contributed by atoms with Crippen molar-refractivity contribution in [1.29, 1.82) is 0 Å². The molecule has 1 saturated heterocycles. The smallest absolute Gasteiger partial charge is 0.321 e. The van der Waals surface area contributed by atoms with E-state index in [-0.39, 0.29) is 5.91 Å². The molecule has 5 heteroatoms. The summed E-state index contributed by atoms with van der Waals surface area (Å²) < 4.78 is 5.39. The third-order valence-electron chi connectivity index (χ3n) is 6.80. The fourth-order valence-corrected chi connectivity index (χ4v) is 4.37. The van der Waals surface area contributed by atoms with Gasteiger partial charge in [0.1, 0.15) is 11.0 Å². The fraction of sp³-hybridized carbons (Fsp3) is 0.533. The Labute approximate surface area is 211 Å². The van der Waals surface area contributed by atoms with Crippen LogP contribution in [0, 0.1) is 5.41 Å². The van der Waals surface area contributed by atoms with E-state index in [1.54, 1.807) is 34.6 Å². The fourth-order valence-electron chi connectivity index (χ4n) is 4.37. The summed E-state index contributed by atoms with van der Waals surface area (Å²) in [7, 11) is 0. The molecule has 5 nitrogen and oxygen atoms in total. The topological polar surface area (TPSA) is 58.6 Å². The molecule has 0 radical (unpaired) electrons. The van der Waals surface area contributed by atoms with Crippen molar-refractivity contribution >= 4 is 11.9 Å². The minimum absolute atomic E-state index is 0.317. The van der Waals surface area contributed by atoms with Crippen molar-refractivity contribution in [1.82, 2.24) is 10.2 Å². The molecule has 1 N–H and O–H groups in total. The van der Waals surface area contributed by atoms with Gasteiger partial charge in [0.25, 0.3) is 0 Å². The van der Waals surface area contributed by atoms with E-state index in [9.17, 15) is 9.59 Å². The molecule has 35 heavy (non-hydrogen) atoms. The van der Waals surface area contributed by atoms with Crippen LogP contribution in [0.15, 0.2) is 48.5 Å². The van der Waals surface area contributed by atoms with Crippen molar-refractivity contribution in [3.05, 3.63) is 59.7 Å². The van der Waals surface area contributed by atoms with Gasteiger partial charge in [0.05, 0.1) is 0 Å². The maximum absolute atomic E-state index is 12.6. The lowest BCUT2D eigenvalue weighted by Gasteiger charge is -2.27. The molecule has 0 bridgehead atoms. The highest BCUT2D eigenvalue weighted by Gasteiger charge is 2.39. The van der Waals surface area contributed by atoms with Crippen molar-refractivity contribution < 1.29 is 14.3 Å². The van der Waals surface area contributed by atoms with Gasteiger partial charge in [-0.1, -0.05) is 48.5 Å². The van der Waals surface area contributed by atoms with Gasteiger partial charge in [0, 0.05) is 19.1 Å². The summed E-state index contributed by atoms with van der Waals surface area (Å²) in [5.41, 5.74) is 3.07. The second-order valence-electron chi connectivity index (χ2n) is 11.3. The lowest BCUT2D eigenvalue weighted by atomic mass is 9.92. The molecular formula is C30H42N2O3. The molecule has 1 fully saturated rings. The van der Waals surface area contributed by atoms with E-state index in [1.165, 1.54) is 36.1 Å². The number of hydrogen-bond donors (Lipinski definition) is 1. The van der Waals surface area contributed by atoms with E-state index in [1.807, 2.05) is 0 Å². The molecule has 2 aromatic rings. The first kappa shape index (κ1) is 26.9. The molecule has 0 aliphatic carbocycles. The van der Waals surface area contributed by atoms with Crippen molar-refractivity contribution in [3.8, 4) is 11.1 Å². The number of nitrogens with one attached hydrogen (secondary N) is 1. The summed E-state index contributed by atoms with van der Waals surface area (Å²) in [6, 6.07) is 18.1. The summed E-state index contributed by atoms with van der Waals surface area (Å²) in [4.78, 5) is 27.5. The molecule has 0 aromatic heterocycles. The number of hydrogen-bond acceptors (Lipinski definition) is 4. The Hall–Kier alpha value is -2.66. The molecule has 0 saturated carbocycles. The Morgan fingerprint density at radius 1 is 0.914 bits per heavy atom. The average molecular weight is 479 g/mol. The number of carbonyl (C=O) groups excluding carboxylic acids is 2. The Morgan fingerprint density at radius 3 is 1.94 bits per heavy atom. The average Bonchev–Trinajstić information content (AvgIpc) is 3.22. The van der Waals surface area contributed by atoms with Crippen molar-refractivity contribution in [3.63, 3.8) is 0 Å². The molecule has 3 rings (SSSR count). The van der Waals surface area contributed by atoms with Gasteiger partial charge in [-0.05, 0) is 96.0 Å². The summed E-state index contributed by atoms with van der Waals surface area (Å²) in [6.07, 6.45) is 4.45. The van der Waals surface area contributed by atoms with Crippen LogP contribution in [0.1, 0.15) is 65.5 Å². The van der Waals surface area contributed by atoms with E-state index in [4.69, 9.17) is 4.74 Å². The second kappa shape index (κ2) is 11.4. The number of rotatable bonds is 9. The largest absolute Gasteiger partial charge is 0.459 e. The maximum atomic E-state index is 12.6. The second-order valence-corrected chi connectivity index (χ2v) is 11.3. The van der Waals surface area contributed by atoms with E-state index >= 15 is 0 Å². The monoisotopic (exact) mass is 478 g/mol. The molecule has 1 heterocycles. The summed E-state index contributed by atoms with van der Waals surface area (Å²) >= 11 is 0. The predicted molar refractivity (Wildman–Crippen MR) is 142 cm³/mol. The number of carbonyl (C=O) groups is 2. The van der Waals surface area contributed by atoms with Crippen molar-refractivity contribution in [2.45, 2.75) is 78.9 Å². The lowest BCUT2D eigenvalue weighted by molar-refractivity contribution is -0.168. The Bertz CT molecular complexity index is 988. The Morgan fingerprint density at radius 2 is 1.46 bits per heavy atom. The Balaban J connectivity index is 1.47. The van der Waals surface area contributed by atoms with Crippen LogP contribution in [0.4, 0.5) is 0 Å². The van der Waals surface area contributed by atoms with Crippen LogP contribution in [-0.2, 0) is 27.2 Å². The van der Waals surface area contributed by atoms with Crippen LogP contribution in [0.2, 0.25) is 0 Å². The van der Waals surface area contributed by atoms with E-state index in [0.717, 1.165) is 24.6 Å². The van der Waals surface area contributed by atoms with E-state index < -0.39 is 17.0 Å². The molecule has 190 valence electrons. The van der Waals surface area contributed by atoms with Gasteiger partial charge in [-0.25, -0.2) is 0 Å². The van der Waals surface area contributed by atoms with Gasteiger partial charge >= 0.3 is 5.97 Å². The Kier molecular flexibility index (Phi) is 8.76. The molecule has 2 aromatic carbocycles.